The third-order valence-corrected chi connectivity index (χ3v) is 7.82. The highest BCUT2D eigenvalue weighted by atomic mass is 35.5. The first-order valence-electron chi connectivity index (χ1n) is 13.4. The Morgan fingerprint density at radius 1 is 0.884 bits per heavy atom. The average molecular weight is 607 g/mol. The summed E-state index contributed by atoms with van der Waals surface area (Å²) in [5, 5.41) is 12.5. The highest BCUT2D eigenvalue weighted by molar-refractivity contribution is 6.35. The lowest BCUT2D eigenvalue weighted by molar-refractivity contribution is 0.414. The van der Waals surface area contributed by atoms with Gasteiger partial charge in [-0.05, 0) is 65.7 Å². The number of rotatable bonds is 8. The molecular formula is C35H25Cl2N3O3. The van der Waals surface area contributed by atoms with E-state index in [1.807, 2.05) is 91.1 Å². The molecule has 2 heterocycles. The summed E-state index contributed by atoms with van der Waals surface area (Å²) in [6, 6.07) is 30.9. The van der Waals surface area contributed by atoms with Gasteiger partial charge in [0.15, 0.2) is 0 Å². The second-order valence-electron chi connectivity index (χ2n) is 9.78. The Kier molecular flexibility index (Phi) is 7.93. The van der Waals surface area contributed by atoms with E-state index in [9.17, 15) is 5.26 Å². The van der Waals surface area contributed by atoms with Gasteiger partial charge in [-0.15, -0.1) is 0 Å². The second-order valence-corrected chi connectivity index (χ2v) is 10.6. The van der Waals surface area contributed by atoms with Crippen LogP contribution in [0.15, 0.2) is 107 Å². The summed E-state index contributed by atoms with van der Waals surface area (Å²) in [6.07, 6.45) is 3.75. The van der Waals surface area contributed by atoms with Gasteiger partial charge in [-0.2, -0.15) is 5.26 Å². The van der Waals surface area contributed by atoms with Crippen molar-refractivity contribution in [3.8, 4) is 40.0 Å². The van der Waals surface area contributed by atoms with E-state index in [0.29, 0.717) is 39.2 Å². The second kappa shape index (κ2) is 12.1. The van der Waals surface area contributed by atoms with E-state index in [1.165, 1.54) is 0 Å². The van der Waals surface area contributed by atoms with Crippen LogP contribution in [-0.4, -0.2) is 25.0 Å². The van der Waals surface area contributed by atoms with Gasteiger partial charge in [0, 0.05) is 56.6 Å². The Balaban J connectivity index is 1.45. The maximum Gasteiger partial charge on any atom is 0.238 e. The van der Waals surface area contributed by atoms with Gasteiger partial charge in [0.1, 0.15) is 28.9 Å². The van der Waals surface area contributed by atoms with Gasteiger partial charge < -0.3 is 18.5 Å². The fraction of sp³-hybridized carbons (Fsp3) is 0.0857. The molecule has 6 aromatic rings. The normalized spacial score (nSPS) is 11.2. The molecule has 4 aromatic carbocycles. The maximum atomic E-state index is 10.3. The maximum absolute atomic E-state index is 10.3. The molecule has 212 valence electrons. The third kappa shape index (κ3) is 5.61. The highest BCUT2D eigenvalue weighted by Crippen LogP contribution is 2.43. The number of methoxy groups -OCH3 is 2. The molecule has 0 amide bonds. The first-order chi connectivity index (χ1) is 21.0. The average Bonchev–Trinajstić information content (AvgIpc) is 3.59. The standard InChI is InChI=1S/C35H25Cl2N3O3/c1-41-27-13-8-22(9-14-27)33-30(18-38)35(43-34(33)23-10-15-28(42-2)16-11-23)39-19-25-21-40(32-6-4-3-5-29(25)32)20-24-7-12-26(36)17-31(24)37/h3-17,19,21H,20H2,1-2H3/b39-19+. The molecule has 8 heteroatoms. The fourth-order valence-corrected chi connectivity index (χ4v) is 5.53. The molecule has 0 radical (unpaired) electrons. The molecule has 0 saturated carbocycles. The molecule has 0 aliphatic rings. The summed E-state index contributed by atoms with van der Waals surface area (Å²) < 4.78 is 19.1. The van der Waals surface area contributed by atoms with Crippen LogP contribution in [0.5, 0.6) is 11.5 Å². The van der Waals surface area contributed by atoms with Gasteiger partial charge in [-0.25, -0.2) is 4.99 Å². The van der Waals surface area contributed by atoms with E-state index in [-0.39, 0.29) is 5.88 Å². The van der Waals surface area contributed by atoms with E-state index in [4.69, 9.17) is 42.1 Å². The van der Waals surface area contributed by atoms with Crippen molar-refractivity contribution in [1.29, 1.82) is 5.26 Å². The lowest BCUT2D eigenvalue weighted by Crippen LogP contribution is -1.98. The van der Waals surface area contributed by atoms with Crippen molar-refractivity contribution >= 4 is 46.2 Å². The molecule has 0 unspecified atom stereocenters. The number of nitrogens with zero attached hydrogens (tertiary/aromatic N) is 3. The first kappa shape index (κ1) is 28.2. The summed E-state index contributed by atoms with van der Waals surface area (Å²) in [5.41, 5.74) is 5.43. The summed E-state index contributed by atoms with van der Waals surface area (Å²) in [5.74, 6) is 2.19. The molecule has 43 heavy (non-hydrogen) atoms. The fourth-order valence-electron chi connectivity index (χ4n) is 5.06. The van der Waals surface area contributed by atoms with Crippen LogP contribution in [0.4, 0.5) is 5.88 Å². The molecule has 0 aliphatic heterocycles. The zero-order valence-corrected chi connectivity index (χ0v) is 24.9. The minimum Gasteiger partial charge on any atom is -0.497 e. The summed E-state index contributed by atoms with van der Waals surface area (Å²) in [7, 11) is 3.23. The molecule has 0 fully saturated rings. The van der Waals surface area contributed by atoms with Crippen LogP contribution in [0, 0.1) is 11.3 Å². The highest BCUT2D eigenvalue weighted by Gasteiger charge is 2.23. The molecule has 0 bridgehead atoms. The molecule has 0 aliphatic carbocycles. The Hall–Kier alpha value is -4.96. The lowest BCUT2D eigenvalue weighted by atomic mass is 9.98. The number of fused-ring (bicyclic) bond motifs is 1. The van der Waals surface area contributed by atoms with Gasteiger partial charge in [0.2, 0.25) is 5.88 Å². The molecule has 0 spiro atoms. The number of benzene rings is 4. The Morgan fingerprint density at radius 3 is 2.21 bits per heavy atom. The number of hydrogen-bond acceptors (Lipinski definition) is 5. The van der Waals surface area contributed by atoms with Crippen LogP contribution in [0.25, 0.3) is 33.4 Å². The third-order valence-electron chi connectivity index (χ3n) is 7.23. The van der Waals surface area contributed by atoms with E-state index >= 15 is 0 Å². The van der Waals surface area contributed by atoms with E-state index < -0.39 is 0 Å². The van der Waals surface area contributed by atoms with Gasteiger partial charge in [-0.1, -0.05) is 59.6 Å². The quantitative estimate of drug-likeness (QED) is 0.162. The number of aromatic nitrogens is 1. The Bertz CT molecular complexity index is 2000. The molecule has 0 N–H and O–H groups in total. The number of hydrogen-bond donors (Lipinski definition) is 0. The number of aliphatic imine (C=N–C) groups is 1. The Labute approximate surface area is 259 Å². The van der Waals surface area contributed by atoms with Crippen molar-refractivity contribution in [2.24, 2.45) is 4.99 Å². The van der Waals surface area contributed by atoms with Crippen LogP contribution in [-0.2, 0) is 6.54 Å². The van der Waals surface area contributed by atoms with Crippen molar-refractivity contribution < 1.29 is 13.9 Å². The monoisotopic (exact) mass is 605 g/mol. The zero-order chi connectivity index (χ0) is 29.9. The minimum atomic E-state index is 0.219. The van der Waals surface area contributed by atoms with Crippen molar-refractivity contribution in [3.05, 3.63) is 124 Å². The van der Waals surface area contributed by atoms with E-state index in [1.54, 1.807) is 26.5 Å². The van der Waals surface area contributed by atoms with Crippen LogP contribution >= 0.6 is 23.2 Å². The van der Waals surface area contributed by atoms with Crippen LogP contribution in [0.1, 0.15) is 16.7 Å². The summed E-state index contributed by atoms with van der Waals surface area (Å²) >= 11 is 12.6. The van der Waals surface area contributed by atoms with Crippen LogP contribution in [0.2, 0.25) is 10.0 Å². The number of halogens is 2. The first-order valence-corrected chi connectivity index (χ1v) is 14.2. The number of nitriles is 1. The van der Waals surface area contributed by atoms with Gasteiger partial charge in [-0.3, -0.25) is 0 Å². The molecule has 6 rings (SSSR count). The van der Waals surface area contributed by atoms with Crippen LogP contribution in [0.3, 0.4) is 0 Å². The van der Waals surface area contributed by atoms with E-state index in [0.717, 1.165) is 38.9 Å². The lowest BCUT2D eigenvalue weighted by Gasteiger charge is -2.08. The van der Waals surface area contributed by atoms with Crippen molar-refractivity contribution in [1.82, 2.24) is 4.57 Å². The van der Waals surface area contributed by atoms with Gasteiger partial charge in [0.25, 0.3) is 0 Å². The topological polar surface area (TPSA) is 72.7 Å². The van der Waals surface area contributed by atoms with Crippen LogP contribution < -0.4 is 9.47 Å². The molecular weight excluding hydrogens is 581 g/mol. The number of ether oxygens (including phenoxy) is 2. The minimum absolute atomic E-state index is 0.219. The van der Waals surface area contributed by atoms with Crippen molar-refractivity contribution in [2.45, 2.75) is 6.54 Å². The number of para-hydroxylation sites is 1. The number of furan rings is 1. The SMILES string of the molecule is COc1ccc(-c2oc(/N=C/c3cn(Cc4ccc(Cl)cc4Cl)c4ccccc34)c(C#N)c2-c2ccc(OC)cc2)cc1. The predicted octanol–water partition coefficient (Wildman–Crippen LogP) is 9.56. The van der Waals surface area contributed by atoms with Gasteiger partial charge >= 0.3 is 0 Å². The smallest absolute Gasteiger partial charge is 0.238 e. The molecule has 0 saturated heterocycles. The summed E-state index contributed by atoms with van der Waals surface area (Å²) in [6.45, 7) is 0.553. The predicted molar refractivity (Wildman–Crippen MR) is 172 cm³/mol. The summed E-state index contributed by atoms with van der Waals surface area (Å²) in [4.78, 5) is 4.73. The molecule has 0 atom stereocenters. The molecule has 6 nitrogen and oxygen atoms in total. The zero-order valence-electron chi connectivity index (χ0n) is 23.3. The van der Waals surface area contributed by atoms with Gasteiger partial charge in [0.05, 0.1) is 14.2 Å². The largest absolute Gasteiger partial charge is 0.497 e. The Morgan fingerprint density at radius 2 is 1.56 bits per heavy atom. The van der Waals surface area contributed by atoms with Crippen molar-refractivity contribution in [3.63, 3.8) is 0 Å². The molecule has 2 aromatic heterocycles. The van der Waals surface area contributed by atoms with E-state index in [2.05, 4.69) is 10.6 Å². The van der Waals surface area contributed by atoms with Crippen molar-refractivity contribution in [2.75, 3.05) is 14.2 Å².